The van der Waals surface area contributed by atoms with Crippen molar-refractivity contribution in [3.63, 3.8) is 0 Å². The summed E-state index contributed by atoms with van der Waals surface area (Å²) in [4.78, 5) is 13.0. The molecule has 1 aromatic carbocycles. The zero-order chi connectivity index (χ0) is 12.5. The summed E-state index contributed by atoms with van der Waals surface area (Å²) in [6.07, 6.45) is 0. The predicted molar refractivity (Wildman–Crippen MR) is 62.2 cm³/mol. The summed E-state index contributed by atoms with van der Waals surface area (Å²) < 4.78 is 22.3. The zero-order valence-electron chi connectivity index (χ0n) is 9.19. The first-order valence-corrected chi connectivity index (χ1v) is 6.81. The number of carbonyl (C=O) groups excluding carboxylic acids is 1. The number of amides is 1. The van der Waals surface area contributed by atoms with Gasteiger partial charge in [-0.25, -0.2) is 8.42 Å². The van der Waals surface area contributed by atoms with E-state index in [1.54, 1.807) is 27.1 Å². The smallest absolute Gasteiger partial charge is 0.261 e. The molecule has 0 aliphatic carbocycles. The molecule has 4 nitrogen and oxygen atoms in total. The lowest BCUT2D eigenvalue weighted by Gasteiger charge is -2.12. The molecule has 0 heterocycles. The highest BCUT2D eigenvalue weighted by Crippen LogP contribution is 2.19. The first kappa shape index (κ1) is 13.0. The van der Waals surface area contributed by atoms with Crippen LogP contribution in [0.3, 0.4) is 0 Å². The zero-order valence-corrected chi connectivity index (χ0v) is 10.8. The number of halogens is 1. The Balaban J connectivity index is 3.36. The van der Waals surface area contributed by atoms with Crippen LogP contribution in [0.2, 0.25) is 0 Å². The Morgan fingerprint density at radius 3 is 2.31 bits per heavy atom. The minimum absolute atomic E-state index is 0.0648. The van der Waals surface area contributed by atoms with Crippen molar-refractivity contribution in [1.29, 1.82) is 0 Å². The maximum absolute atomic E-state index is 11.7. The standard InChI is InChI=1S/C10H12ClNO3S/c1-7-4-5-8(16(11,14)15)6-9(7)10(13)12(2)3/h4-6H,1-3H3. The lowest BCUT2D eigenvalue weighted by molar-refractivity contribution is 0.0826. The van der Waals surface area contributed by atoms with Gasteiger partial charge in [0.05, 0.1) is 4.90 Å². The third-order valence-electron chi connectivity index (χ3n) is 2.13. The van der Waals surface area contributed by atoms with Crippen LogP contribution in [0.25, 0.3) is 0 Å². The molecule has 0 aromatic heterocycles. The van der Waals surface area contributed by atoms with Crippen LogP contribution in [-0.2, 0) is 9.05 Å². The van der Waals surface area contributed by atoms with Crippen molar-refractivity contribution in [3.8, 4) is 0 Å². The van der Waals surface area contributed by atoms with Crippen molar-refractivity contribution in [1.82, 2.24) is 4.90 Å². The van der Waals surface area contributed by atoms with E-state index in [1.165, 1.54) is 17.0 Å². The van der Waals surface area contributed by atoms with E-state index in [9.17, 15) is 13.2 Å². The minimum Gasteiger partial charge on any atom is -0.345 e. The highest BCUT2D eigenvalue weighted by Gasteiger charge is 2.16. The second-order valence-corrected chi connectivity index (χ2v) is 6.18. The summed E-state index contributed by atoms with van der Waals surface area (Å²) in [5, 5.41) is 0. The van der Waals surface area contributed by atoms with Gasteiger partial charge in [-0.1, -0.05) is 6.07 Å². The highest BCUT2D eigenvalue weighted by atomic mass is 35.7. The summed E-state index contributed by atoms with van der Waals surface area (Å²) >= 11 is 0. The van der Waals surface area contributed by atoms with Crippen LogP contribution >= 0.6 is 10.7 Å². The third-order valence-corrected chi connectivity index (χ3v) is 3.48. The highest BCUT2D eigenvalue weighted by molar-refractivity contribution is 8.13. The fourth-order valence-electron chi connectivity index (χ4n) is 1.22. The topological polar surface area (TPSA) is 54.5 Å². The molecular weight excluding hydrogens is 250 g/mol. The number of hydrogen-bond donors (Lipinski definition) is 0. The molecule has 1 aromatic rings. The first-order valence-electron chi connectivity index (χ1n) is 4.50. The number of carbonyl (C=O) groups is 1. The van der Waals surface area contributed by atoms with Crippen LogP contribution in [0.5, 0.6) is 0 Å². The van der Waals surface area contributed by atoms with E-state index in [0.29, 0.717) is 11.1 Å². The van der Waals surface area contributed by atoms with Gasteiger partial charge in [-0.3, -0.25) is 4.79 Å². The molecule has 6 heteroatoms. The summed E-state index contributed by atoms with van der Waals surface area (Å²) in [6.45, 7) is 1.74. The van der Waals surface area contributed by atoms with Crippen molar-refractivity contribution in [2.45, 2.75) is 11.8 Å². The van der Waals surface area contributed by atoms with Gasteiger partial charge in [0, 0.05) is 30.3 Å². The van der Waals surface area contributed by atoms with Gasteiger partial charge in [0.15, 0.2) is 0 Å². The van der Waals surface area contributed by atoms with Crippen LogP contribution in [-0.4, -0.2) is 33.3 Å². The van der Waals surface area contributed by atoms with Gasteiger partial charge in [0.2, 0.25) is 0 Å². The van der Waals surface area contributed by atoms with Crippen molar-refractivity contribution in [2.24, 2.45) is 0 Å². The van der Waals surface area contributed by atoms with Crippen LogP contribution in [0, 0.1) is 6.92 Å². The van der Waals surface area contributed by atoms with E-state index in [0.717, 1.165) is 0 Å². The third kappa shape index (κ3) is 2.74. The van der Waals surface area contributed by atoms with E-state index < -0.39 is 9.05 Å². The maximum Gasteiger partial charge on any atom is 0.261 e. The van der Waals surface area contributed by atoms with Crippen LogP contribution in [0.15, 0.2) is 23.1 Å². The molecule has 0 spiro atoms. The monoisotopic (exact) mass is 261 g/mol. The lowest BCUT2D eigenvalue weighted by atomic mass is 10.1. The molecule has 0 fully saturated rings. The Hall–Kier alpha value is -1.07. The average molecular weight is 262 g/mol. The van der Waals surface area contributed by atoms with E-state index >= 15 is 0 Å². The molecule has 0 unspecified atom stereocenters. The van der Waals surface area contributed by atoms with Gasteiger partial charge < -0.3 is 4.90 Å². The largest absolute Gasteiger partial charge is 0.345 e. The van der Waals surface area contributed by atoms with Gasteiger partial charge >= 0.3 is 0 Å². The molecule has 88 valence electrons. The second-order valence-electron chi connectivity index (χ2n) is 3.61. The van der Waals surface area contributed by atoms with E-state index in [-0.39, 0.29) is 10.8 Å². The Morgan fingerprint density at radius 1 is 1.31 bits per heavy atom. The molecule has 0 saturated heterocycles. The molecule has 0 bridgehead atoms. The van der Waals surface area contributed by atoms with Gasteiger partial charge in [0.25, 0.3) is 15.0 Å². The molecule has 0 saturated carbocycles. The fraction of sp³-hybridized carbons (Fsp3) is 0.300. The maximum atomic E-state index is 11.7. The molecule has 0 radical (unpaired) electrons. The van der Waals surface area contributed by atoms with Crippen molar-refractivity contribution in [3.05, 3.63) is 29.3 Å². The Labute approximate surface area is 99.2 Å². The van der Waals surface area contributed by atoms with Gasteiger partial charge in [-0.2, -0.15) is 0 Å². The predicted octanol–water partition coefficient (Wildman–Crippen LogP) is 1.62. The molecule has 1 rings (SSSR count). The number of hydrogen-bond acceptors (Lipinski definition) is 3. The first-order chi connectivity index (χ1) is 7.23. The fourth-order valence-corrected chi connectivity index (χ4v) is 2.00. The number of nitrogens with zero attached hydrogens (tertiary/aromatic N) is 1. The van der Waals surface area contributed by atoms with Crippen LogP contribution in [0.1, 0.15) is 15.9 Å². The molecule has 0 aliphatic heterocycles. The summed E-state index contributed by atoms with van der Waals surface area (Å²) in [7, 11) is 4.62. The molecular formula is C10H12ClNO3S. The number of aryl methyl sites for hydroxylation is 1. The Kier molecular flexibility index (Phi) is 3.60. The Morgan fingerprint density at radius 2 is 1.88 bits per heavy atom. The number of benzene rings is 1. The van der Waals surface area contributed by atoms with Crippen molar-refractivity contribution in [2.75, 3.05) is 14.1 Å². The Bertz CT molecular complexity index is 523. The molecule has 16 heavy (non-hydrogen) atoms. The SMILES string of the molecule is Cc1ccc(S(=O)(=O)Cl)cc1C(=O)N(C)C. The van der Waals surface area contributed by atoms with Crippen molar-refractivity contribution < 1.29 is 13.2 Å². The lowest BCUT2D eigenvalue weighted by Crippen LogP contribution is -2.22. The average Bonchev–Trinajstić information content (AvgIpc) is 2.15. The van der Waals surface area contributed by atoms with E-state index in [2.05, 4.69) is 0 Å². The summed E-state index contributed by atoms with van der Waals surface area (Å²) in [5.74, 6) is -0.250. The summed E-state index contributed by atoms with van der Waals surface area (Å²) in [5.41, 5.74) is 1.05. The van der Waals surface area contributed by atoms with Gasteiger partial charge in [0.1, 0.15) is 0 Å². The quantitative estimate of drug-likeness (QED) is 0.761. The molecule has 0 atom stereocenters. The van der Waals surface area contributed by atoms with Crippen LogP contribution in [0.4, 0.5) is 0 Å². The summed E-state index contributed by atoms with van der Waals surface area (Å²) in [6, 6.07) is 4.23. The normalized spacial score (nSPS) is 11.2. The molecule has 1 amide bonds. The minimum atomic E-state index is -3.80. The van der Waals surface area contributed by atoms with E-state index in [4.69, 9.17) is 10.7 Å². The van der Waals surface area contributed by atoms with Gasteiger partial charge in [-0.15, -0.1) is 0 Å². The molecule has 0 N–H and O–H groups in total. The van der Waals surface area contributed by atoms with Gasteiger partial charge in [-0.05, 0) is 24.6 Å². The molecule has 0 aliphatic rings. The van der Waals surface area contributed by atoms with E-state index in [1.807, 2.05) is 0 Å². The van der Waals surface area contributed by atoms with Crippen molar-refractivity contribution >= 4 is 25.6 Å². The second kappa shape index (κ2) is 4.43. The number of rotatable bonds is 2. The van der Waals surface area contributed by atoms with Crippen LogP contribution < -0.4 is 0 Å².